The van der Waals surface area contributed by atoms with Gasteiger partial charge in [-0.3, -0.25) is 23.7 Å². The summed E-state index contributed by atoms with van der Waals surface area (Å²) in [7, 11) is 0. The summed E-state index contributed by atoms with van der Waals surface area (Å²) in [5.74, 6) is 0.318. The number of aromatic nitrogens is 5. The Hall–Kier alpha value is -4.77. The van der Waals surface area contributed by atoms with Crippen LogP contribution in [0.4, 0.5) is 5.69 Å². The Morgan fingerprint density at radius 2 is 2.00 bits per heavy atom. The van der Waals surface area contributed by atoms with Gasteiger partial charge in [0.05, 0.1) is 48.5 Å². The molecule has 11 nitrogen and oxygen atoms in total. The van der Waals surface area contributed by atoms with E-state index in [2.05, 4.69) is 43.0 Å². The van der Waals surface area contributed by atoms with Crippen LogP contribution in [0.15, 0.2) is 60.9 Å². The van der Waals surface area contributed by atoms with Crippen LogP contribution >= 0.6 is 0 Å². The summed E-state index contributed by atoms with van der Waals surface area (Å²) in [4.78, 5) is 36.0. The molecule has 4 aromatic heterocycles. The second kappa shape index (κ2) is 12.0. The molecule has 0 aliphatic carbocycles. The molecule has 0 spiro atoms. The Morgan fingerprint density at radius 3 is 2.76 bits per heavy atom. The third-order valence-electron chi connectivity index (χ3n) is 8.61. The highest BCUT2D eigenvalue weighted by Gasteiger charge is 2.47. The van der Waals surface area contributed by atoms with E-state index in [1.165, 1.54) is 0 Å². The summed E-state index contributed by atoms with van der Waals surface area (Å²) < 4.78 is 16.2. The van der Waals surface area contributed by atoms with E-state index in [1.54, 1.807) is 33.8 Å². The Kier molecular flexibility index (Phi) is 8.05. The lowest BCUT2D eigenvalue weighted by Gasteiger charge is -2.49. The van der Waals surface area contributed by atoms with Crippen LogP contribution in [0.3, 0.4) is 0 Å². The average molecular weight is 610 g/mol. The predicted octanol–water partition coefficient (Wildman–Crippen LogP) is 4.90. The molecule has 5 aromatic rings. The van der Waals surface area contributed by atoms with Gasteiger partial charge in [0, 0.05) is 29.9 Å². The summed E-state index contributed by atoms with van der Waals surface area (Å²) >= 11 is 0. The lowest BCUT2D eigenvalue weighted by molar-refractivity contribution is -0.181. The van der Waals surface area contributed by atoms with Crippen LogP contribution < -0.4 is 10.1 Å². The minimum absolute atomic E-state index is 0.266. The van der Waals surface area contributed by atoms with Crippen LogP contribution in [0.25, 0.3) is 16.6 Å². The zero-order valence-electron chi connectivity index (χ0n) is 26.4. The van der Waals surface area contributed by atoms with Gasteiger partial charge in [0.1, 0.15) is 29.3 Å². The maximum absolute atomic E-state index is 13.6. The molecule has 2 amide bonds. The van der Waals surface area contributed by atoms with Gasteiger partial charge in [-0.05, 0) is 49.1 Å². The monoisotopic (exact) mass is 609 g/mol. The first-order valence-electron chi connectivity index (χ1n) is 15.3. The van der Waals surface area contributed by atoms with Crippen molar-refractivity contribution in [3.8, 4) is 5.75 Å². The number of pyridine rings is 2. The lowest BCUT2D eigenvalue weighted by atomic mass is 9.75. The molecule has 0 saturated carbocycles. The van der Waals surface area contributed by atoms with E-state index < -0.39 is 5.60 Å². The SMILES string of the molecule is CCc1nn(Cc2cccc(C)n2)c2cccc(NC(=O)c3cnc4cc(OCC5(C(C)(C)C)CN(C=O)CCO5)ccn34)c12. The summed E-state index contributed by atoms with van der Waals surface area (Å²) in [6, 6.07) is 15.4. The molecule has 1 aliphatic rings. The van der Waals surface area contributed by atoms with Crippen LogP contribution in [0.2, 0.25) is 0 Å². The van der Waals surface area contributed by atoms with Crippen LogP contribution in [-0.2, 0) is 22.5 Å². The van der Waals surface area contributed by atoms with Crippen molar-refractivity contribution >= 4 is 34.6 Å². The van der Waals surface area contributed by atoms with Crippen LogP contribution in [-0.4, -0.2) is 73.3 Å². The van der Waals surface area contributed by atoms with Crippen molar-refractivity contribution in [2.24, 2.45) is 5.41 Å². The number of aryl methyl sites for hydroxylation is 2. The number of hydrogen-bond acceptors (Lipinski definition) is 7. The van der Waals surface area contributed by atoms with E-state index in [9.17, 15) is 9.59 Å². The number of carbonyl (C=O) groups is 2. The van der Waals surface area contributed by atoms with Crippen LogP contribution in [0.5, 0.6) is 5.75 Å². The molecule has 1 aromatic carbocycles. The summed E-state index contributed by atoms with van der Waals surface area (Å²) in [5, 5.41) is 8.89. The molecule has 0 radical (unpaired) electrons. The molecular weight excluding hydrogens is 570 g/mol. The molecule has 0 bridgehead atoms. The first kappa shape index (κ1) is 30.3. The lowest BCUT2D eigenvalue weighted by Crippen LogP contribution is -2.61. The second-order valence-corrected chi connectivity index (χ2v) is 12.6. The minimum Gasteiger partial charge on any atom is -0.490 e. The molecule has 234 valence electrons. The van der Waals surface area contributed by atoms with Gasteiger partial charge in [-0.2, -0.15) is 5.10 Å². The van der Waals surface area contributed by atoms with Gasteiger partial charge in [0.15, 0.2) is 0 Å². The first-order chi connectivity index (χ1) is 21.6. The number of morpholine rings is 1. The first-order valence-corrected chi connectivity index (χ1v) is 15.3. The Balaban J connectivity index is 1.22. The number of anilines is 1. The fourth-order valence-electron chi connectivity index (χ4n) is 5.89. The zero-order chi connectivity index (χ0) is 31.8. The molecule has 45 heavy (non-hydrogen) atoms. The van der Waals surface area contributed by atoms with Crippen LogP contribution in [0, 0.1) is 12.3 Å². The largest absolute Gasteiger partial charge is 0.490 e. The van der Waals surface area contributed by atoms with E-state index in [0.29, 0.717) is 55.4 Å². The third kappa shape index (κ3) is 5.87. The molecule has 11 heteroatoms. The normalized spacial score (nSPS) is 17.1. The fraction of sp³-hybridized carbons (Fsp3) is 0.382. The van der Waals surface area contributed by atoms with Crippen molar-refractivity contribution < 1.29 is 19.1 Å². The highest BCUT2D eigenvalue weighted by molar-refractivity contribution is 6.08. The number of ether oxygens (including phenoxy) is 2. The van der Waals surface area contributed by atoms with Gasteiger partial charge in [-0.1, -0.05) is 39.8 Å². The topological polar surface area (TPSA) is 116 Å². The molecule has 1 atom stereocenters. The molecule has 1 aliphatic heterocycles. The molecule has 1 N–H and O–H groups in total. The maximum Gasteiger partial charge on any atom is 0.274 e. The van der Waals surface area contributed by atoms with E-state index in [0.717, 1.165) is 34.4 Å². The Morgan fingerprint density at radius 1 is 1.18 bits per heavy atom. The summed E-state index contributed by atoms with van der Waals surface area (Å²) in [6.45, 7) is 12.6. The quantitative estimate of drug-likeness (QED) is 0.236. The molecule has 1 unspecified atom stereocenters. The summed E-state index contributed by atoms with van der Waals surface area (Å²) in [5.41, 5.74) is 4.44. The average Bonchev–Trinajstić information content (AvgIpc) is 3.61. The predicted molar refractivity (Wildman–Crippen MR) is 172 cm³/mol. The molecule has 6 rings (SSSR count). The zero-order valence-corrected chi connectivity index (χ0v) is 26.4. The number of hydrogen-bond donors (Lipinski definition) is 1. The van der Waals surface area contributed by atoms with Crippen molar-refractivity contribution in [2.75, 3.05) is 31.6 Å². The number of amides is 2. The standard InChI is InChI=1S/C34H39N7O4/c1-6-26-31-27(11-8-12-28(31)41(38-26)19-24-10-7-9-23(2)36-24)37-32(43)29-18-35-30-17-25(13-14-40(29)30)44-21-34(33(3,4)5)20-39(22-42)15-16-45-34/h7-14,17-18,22H,6,15-16,19-21H2,1-5H3,(H,37,43). The van der Waals surface area contributed by atoms with Gasteiger partial charge < -0.3 is 19.7 Å². The van der Waals surface area contributed by atoms with Gasteiger partial charge in [0.2, 0.25) is 6.41 Å². The van der Waals surface area contributed by atoms with Gasteiger partial charge in [-0.25, -0.2) is 4.98 Å². The highest BCUT2D eigenvalue weighted by Crippen LogP contribution is 2.37. The Labute approximate surface area is 262 Å². The van der Waals surface area contributed by atoms with Crippen molar-refractivity contribution in [3.63, 3.8) is 0 Å². The highest BCUT2D eigenvalue weighted by atomic mass is 16.5. The van der Waals surface area contributed by atoms with Gasteiger partial charge in [0.25, 0.3) is 5.91 Å². The van der Waals surface area contributed by atoms with Gasteiger partial charge in [-0.15, -0.1) is 0 Å². The number of nitrogens with zero attached hydrogens (tertiary/aromatic N) is 6. The number of imidazole rings is 1. The minimum atomic E-state index is -0.665. The van der Waals surface area contributed by atoms with E-state index in [-0.39, 0.29) is 17.9 Å². The van der Waals surface area contributed by atoms with E-state index in [4.69, 9.17) is 14.6 Å². The molecule has 1 saturated heterocycles. The third-order valence-corrected chi connectivity index (χ3v) is 8.61. The van der Waals surface area contributed by atoms with Crippen molar-refractivity contribution in [1.82, 2.24) is 29.0 Å². The second-order valence-electron chi connectivity index (χ2n) is 12.6. The van der Waals surface area contributed by atoms with Crippen LogP contribution in [0.1, 0.15) is 55.3 Å². The molecular formula is C34H39N7O4. The molecule has 1 fully saturated rings. The Bertz CT molecular complexity index is 1870. The summed E-state index contributed by atoms with van der Waals surface area (Å²) in [6.07, 6.45) is 4.92. The van der Waals surface area contributed by atoms with E-state index >= 15 is 0 Å². The van der Waals surface area contributed by atoms with Crippen molar-refractivity contribution in [2.45, 2.75) is 53.2 Å². The van der Waals surface area contributed by atoms with Crippen molar-refractivity contribution in [1.29, 1.82) is 0 Å². The number of fused-ring (bicyclic) bond motifs is 2. The molecule has 5 heterocycles. The number of benzene rings is 1. The van der Waals surface area contributed by atoms with Gasteiger partial charge >= 0.3 is 0 Å². The van der Waals surface area contributed by atoms with Crippen molar-refractivity contribution in [3.05, 3.63) is 83.7 Å². The number of rotatable bonds is 9. The number of nitrogens with one attached hydrogen (secondary N) is 1. The fourth-order valence-corrected chi connectivity index (χ4v) is 5.89. The van der Waals surface area contributed by atoms with E-state index in [1.807, 2.05) is 48.0 Å². The number of carbonyl (C=O) groups excluding carboxylic acids is 2. The maximum atomic E-state index is 13.6. The smallest absolute Gasteiger partial charge is 0.274 e.